The second kappa shape index (κ2) is 9.04. The molecule has 2 atom stereocenters. The van der Waals surface area contributed by atoms with Crippen molar-refractivity contribution < 1.29 is 4.55 Å². The van der Waals surface area contributed by atoms with E-state index in [2.05, 4.69) is 26.9 Å². The van der Waals surface area contributed by atoms with Gasteiger partial charge in [-0.15, -0.1) is 4.72 Å². The molecular weight excluding hydrogens is 368 g/mol. The number of hydrogen-bond donors (Lipinski definition) is 2. The molecule has 0 saturated carbocycles. The smallest absolute Gasteiger partial charge is 0.149 e. The van der Waals surface area contributed by atoms with Crippen molar-refractivity contribution in [1.29, 1.82) is 0 Å². The van der Waals surface area contributed by atoms with Crippen LogP contribution in [0.4, 0.5) is 11.5 Å². The van der Waals surface area contributed by atoms with Gasteiger partial charge in [0.1, 0.15) is 10.6 Å². The number of pyridine rings is 2. The minimum absolute atomic E-state index is 0.0554. The molecule has 0 aliphatic rings. The van der Waals surface area contributed by atoms with Crippen LogP contribution in [0.3, 0.4) is 0 Å². The fraction of sp³-hybridized carbons (Fsp3) is 0.474. The Morgan fingerprint density at radius 3 is 2.50 bits per heavy atom. The number of anilines is 2. The first-order valence-corrected chi connectivity index (χ1v) is 10.3. The Morgan fingerprint density at radius 1 is 1.23 bits per heavy atom. The highest BCUT2D eigenvalue weighted by molar-refractivity contribution is 7.90. The Balaban J connectivity index is 2.18. The van der Waals surface area contributed by atoms with Crippen LogP contribution in [-0.2, 0) is 11.4 Å². The number of hydrogen-bond acceptors (Lipinski definition) is 5. The molecule has 2 rings (SSSR count). The lowest BCUT2D eigenvalue weighted by Crippen LogP contribution is -2.41. The molecule has 7 heteroatoms. The Bertz CT molecular complexity index is 718. The predicted molar refractivity (Wildman–Crippen MR) is 110 cm³/mol. The third kappa shape index (κ3) is 5.84. The standard InChI is InChI=1S/C19H27ClN4OS/c1-6-7-17(24-26(25)19(3,4)5)14-10-16(20)18(22-11-14)23-15-9-8-13(2)21-12-15/h8-12,17,24H,6-7H2,1-5H3,(H,22,23)/t17-,26?/m0/s1. The molecule has 2 aromatic heterocycles. The molecule has 5 nitrogen and oxygen atoms in total. The van der Waals surface area contributed by atoms with Crippen LogP contribution >= 0.6 is 11.6 Å². The molecule has 2 heterocycles. The van der Waals surface area contributed by atoms with E-state index in [0.717, 1.165) is 29.8 Å². The van der Waals surface area contributed by atoms with Gasteiger partial charge in [0, 0.05) is 23.3 Å². The van der Waals surface area contributed by atoms with Gasteiger partial charge in [-0.05, 0) is 57.9 Å². The molecule has 0 spiro atoms. The zero-order valence-electron chi connectivity index (χ0n) is 16.0. The quantitative estimate of drug-likeness (QED) is 0.641. The lowest BCUT2D eigenvalue weighted by Gasteiger charge is -2.28. The summed E-state index contributed by atoms with van der Waals surface area (Å²) in [6.45, 7) is 9.89. The summed E-state index contributed by atoms with van der Waals surface area (Å²) in [5.41, 5.74) is 2.71. The minimum Gasteiger partial charge on any atom is -0.598 e. The molecule has 0 fully saturated rings. The summed E-state index contributed by atoms with van der Waals surface area (Å²) >= 11 is 5.27. The van der Waals surface area contributed by atoms with Crippen molar-refractivity contribution in [3.8, 4) is 0 Å². The molecule has 0 aliphatic heterocycles. The molecule has 2 N–H and O–H groups in total. The van der Waals surface area contributed by atoms with E-state index in [1.165, 1.54) is 0 Å². The molecule has 0 bridgehead atoms. The number of halogens is 1. The van der Waals surface area contributed by atoms with Gasteiger partial charge in [-0.2, -0.15) is 0 Å². The van der Waals surface area contributed by atoms with Gasteiger partial charge in [-0.1, -0.05) is 24.9 Å². The number of aryl methyl sites for hydroxylation is 1. The maximum Gasteiger partial charge on any atom is 0.149 e. The van der Waals surface area contributed by atoms with Crippen molar-refractivity contribution in [2.24, 2.45) is 0 Å². The summed E-state index contributed by atoms with van der Waals surface area (Å²) in [7, 11) is 0. The van der Waals surface area contributed by atoms with Crippen molar-refractivity contribution in [1.82, 2.24) is 14.7 Å². The molecule has 26 heavy (non-hydrogen) atoms. The van der Waals surface area contributed by atoms with Crippen molar-refractivity contribution in [3.05, 3.63) is 46.9 Å². The summed E-state index contributed by atoms with van der Waals surface area (Å²) < 4.78 is 15.4. The van der Waals surface area contributed by atoms with Crippen LogP contribution in [0.25, 0.3) is 0 Å². The van der Waals surface area contributed by atoms with Crippen molar-refractivity contribution in [3.63, 3.8) is 0 Å². The summed E-state index contributed by atoms with van der Waals surface area (Å²) in [5.74, 6) is 0.577. The molecule has 0 saturated heterocycles. The minimum atomic E-state index is -1.16. The first-order valence-electron chi connectivity index (χ1n) is 8.74. The Kier molecular flexibility index (Phi) is 7.29. The van der Waals surface area contributed by atoms with Crippen LogP contribution in [0.15, 0.2) is 30.6 Å². The summed E-state index contributed by atoms with van der Waals surface area (Å²) in [6, 6.07) is 5.68. The second-order valence-electron chi connectivity index (χ2n) is 7.25. The number of nitrogens with zero attached hydrogens (tertiary/aromatic N) is 2. The zero-order valence-corrected chi connectivity index (χ0v) is 17.5. The number of nitrogens with one attached hydrogen (secondary N) is 2. The van der Waals surface area contributed by atoms with E-state index in [0.29, 0.717) is 10.8 Å². The van der Waals surface area contributed by atoms with Gasteiger partial charge in [0.15, 0.2) is 0 Å². The Morgan fingerprint density at radius 2 is 1.96 bits per heavy atom. The third-order valence-corrected chi connectivity index (χ3v) is 5.72. The highest BCUT2D eigenvalue weighted by Crippen LogP contribution is 2.29. The lowest BCUT2D eigenvalue weighted by atomic mass is 10.1. The van der Waals surface area contributed by atoms with Crippen molar-refractivity contribution >= 4 is 34.5 Å². The number of rotatable bonds is 7. The molecule has 1 unspecified atom stereocenters. The van der Waals surface area contributed by atoms with Crippen LogP contribution in [0, 0.1) is 6.92 Å². The highest BCUT2D eigenvalue weighted by atomic mass is 35.5. The first kappa shape index (κ1) is 21.0. The van der Waals surface area contributed by atoms with Gasteiger partial charge < -0.3 is 9.87 Å². The van der Waals surface area contributed by atoms with Crippen LogP contribution in [0.1, 0.15) is 57.8 Å². The monoisotopic (exact) mass is 394 g/mol. The zero-order chi connectivity index (χ0) is 19.3. The average Bonchev–Trinajstić information content (AvgIpc) is 2.57. The fourth-order valence-corrected chi connectivity index (χ4v) is 3.39. The molecule has 0 amide bonds. The lowest BCUT2D eigenvalue weighted by molar-refractivity contribution is 0.509. The predicted octanol–water partition coefficient (Wildman–Crippen LogP) is 5.08. The normalized spacial score (nSPS) is 14.1. The molecule has 0 aliphatic carbocycles. The van der Waals surface area contributed by atoms with E-state index >= 15 is 0 Å². The topological polar surface area (TPSA) is 72.9 Å². The van der Waals surface area contributed by atoms with Crippen molar-refractivity contribution in [2.75, 3.05) is 5.32 Å². The van der Waals surface area contributed by atoms with E-state index in [9.17, 15) is 4.55 Å². The molecule has 0 aromatic carbocycles. The van der Waals surface area contributed by atoms with E-state index in [1.807, 2.05) is 45.9 Å². The maximum absolute atomic E-state index is 12.5. The fourth-order valence-electron chi connectivity index (χ4n) is 2.30. The summed E-state index contributed by atoms with van der Waals surface area (Å²) in [5, 5.41) is 3.70. The van der Waals surface area contributed by atoms with Crippen molar-refractivity contribution in [2.45, 2.75) is 58.2 Å². The van der Waals surface area contributed by atoms with Gasteiger partial charge in [0.2, 0.25) is 0 Å². The van der Waals surface area contributed by atoms with E-state index < -0.39 is 11.4 Å². The van der Waals surface area contributed by atoms with Crippen LogP contribution in [-0.4, -0.2) is 19.3 Å². The average molecular weight is 395 g/mol. The van der Waals surface area contributed by atoms with E-state index in [-0.39, 0.29) is 10.8 Å². The summed E-state index contributed by atoms with van der Waals surface area (Å²) in [4.78, 5) is 8.71. The number of aromatic nitrogens is 2. The molecule has 142 valence electrons. The molecular formula is C19H27ClN4OS. The Hall–Kier alpha value is -1.34. The molecule has 0 radical (unpaired) electrons. The third-order valence-electron chi connectivity index (χ3n) is 3.82. The molecule has 2 aromatic rings. The Labute approximate surface area is 164 Å². The van der Waals surface area contributed by atoms with Gasteiger partial charge >= 0.3 is 0 Å². The van der Waals surface area contributed by atoms with Gasteiger partial charge in [-0.3, -0.25) is 4.98 Å². The van der Waals surface area contributed by atoms with Gasteiger partial charge in [-0.25, -0.2) is 4.98 Å². The van der Waals surface area contributed by atoms with Crippen LogP contribution < -0.4 is 10.0 Å². The van der Waals surface area contributed by atoms with E-state index in [1.54, 1.807) is 12.4 Å². The SMILES string of the molecule is CCC[C@H](N[S+]([O-])C(C)(C)C)c1cnc(Nc2ccc(C)nc2)c(Cl)c1. The maximum atomic E-state index is 12.5. The summed E-state index contributed by atoms with van der Waals surface area (Å²) in [6.07, 6.45) is 5.35. The first-order chi connectivity index (χ1) is 12.2. The van der Waals surface area contributed by atoms with Crippen LogP contribution in [0.5, 0.6) is 0 Å². The van der Waals surface area contributed by atoms with Gasteiger partial charge in [0.25, 0.3) is 0 Å². The van der Waals surface area contributed by atoms with Crippen LogP contribution in [0.2, 0.25) is 5.02 Å². The van der Waals surface area contributed by atoms with E-state index in [4.69, 9.17) is 11.6 Å². The largest absolute Gasteiger partial charge is 0.598 e. The second-order valence-corrected chi connectivity index (χ2v) is 9.66. The van der Waals surface area contributed by atoms with Gasteiger partial charge in [0.05, 0.1) is 22.9 Å². The highest BCUT2D eigenvalue weighted by Gasteiger charge is 2.29.